The van der Waals surface area contributed by atoms with Gasteiger partial charge in [0.2, 0.25) is 0 Å². The molecular weight excluding hydrogens is 374 g/mol. The highest BCUT2D eigenvalue weighted by Gasteiger charge is 2.47. The minimum absolute atomic E-state index is 0.0785. The van der Waals surface area contributed by atoms with Gasteiger partial charge in [0.1, 0.15) is 18.3 Å². The van der Waals surface area contributed by atoms with Crippen molar-refractivity contribution in [2.24, 2.45) is 28.6 Å². The Morgan fingerprint density at radius 2 is 1.60 bits per heavy atom. The minimum atomic E-state index is -0.228. The van der Waals surface area contributed by atoms with Crippen molar-refractivity contribution in [3.63, 3.8) is 0 Å². The maximum absolute atomic E-state index is 12.9. The standard InChI is InChI=1S/C25H37N3O2/c1-16-13-18(24(2,3)4)22(19(14-16)25(5,6)7)30-21(29)15-20-26-23(28-27-20)17-11-9-8-10-12-17/h8-12,16,18-19,22H,13-15H2,1-7H3,(H,26,27,28). The number of esters is 1. The predicted molar refractivity (Wildman–Crippen MR) is 120 cm³/mol. The molecule has 2 atom stereocenters. The zero-order valence-corrected chi connectivity index (χ0v) is 19.5. The Morgan fingerprint density at radius 3 is 2.13 bits per heavy atom. The van der Waals surface area contributed by atoms with Crippen LogP contribution in [0.3, 0.4) is 0 Å². The summed E-state index contributed by atoms with van der Waals surface area (Å²) in [6.45, 7) is 15.9. The number of nitrogens with one attached hydrogen (secondary N) is 1. The topological polar surface area (TPSA) is 67.9 Å². The lowest BCUT2D eigenvalue weighted by Crippen LogP contribution is -2.49. The van der Waals surface area contributed by atoms with Crippen LogP contribution in [0.4, 0.5) is 0 Å². The van der Waals surface area contributed by atoms with E-state index >= 15 is 0 Å². The molecule has 1 N–H and O–H groups in total. The molecule has 0 bridgehead atoms. The van der Waals surface area contributed by atoms with Gasteiger partial charge in [0.05, 0.1) is 0 Å². The summed E-state index contributed by atoms with van der Waals surface area (Å²) in [7, 11) is 0. The van der Waals surface area contributed by atoms with Crippen molar-refractivity contribution in [1.82, 2.24) is 15.2 Å². The smallest absolute Gasteiger partial charge is 0.313 e. The van der Waals surface area contributed by atoms with Gasteiger partial charge in [-0.3, -0.25) is 9.89 Å². The lowest BCUT2D eigenvalue weighted by atomic mass is 9.59. The van der Waals surface area contributed by atoms with E-state index in [0.717, 1.165) is 18.4 Å². The normalized spacial score (nSPS) is 25.2. The van der Waals surface area contributed by atoms with Gasteiger partial charge in [0, 0.05) is 17.4 Å². The monoisotopic (exact) mass is 411 g/mol. The molecule has 164 valence electrons. The van der Waals surface area contributed by atoms with Crippen molar-refractivity contribution in [3.8, 4) is 11.4 Å². The van der Waals surface area contributed by atoms with E-state index < -0.39 is 0 Å². The van der Waals surface area contributed by atoms with E-state index in [1.54, 1.807) is 0 Å². The Hall–Kier alpha value is -2.17. The average molecular weight is 412 g/mol. The average Bonchev–Trinajstić information content (AvgIpc) is 3.10. The minimum Gasteiger partial charge on any atom is -0.461 e. The van der Waals surface area contributed by atoms with Gasteiger partial charge in [-0.05, 0) is 29.6 Å². The highest BCUT2D eigenvalue weighted by molar-refractivity contribution is 5.72. The van der Waals surface area contributed by atoms with Crippen molar-refractivity contribution in [1.29, 1.82) is 0 Å². The molecule has 1 aliphatic rings. The van der Waals surface area contributed by atoms with Gasteiger partial charge in [-0.1, -0.05) is 78.8 Å². The number of aromatic amines is 1. The van der Waals surface area contributed by atoms with Crippen molar-refractivity contribution in [2.45, 2.75) is 73.8 Å². The van der Waals surface area contributed by atoms with Gasteiger partial charge < -0.3 is 4.74 Å². The number of hydrogen-bond donors (Lipinski definition) is 1. The molecule has 1 aromatic heterocycles. The van der Waals surface area contributed by atoms with Crippen LogP contribution < -0.4 is 0 Å². The Morgan fingerprint density at radius 1 is 1.03 bits per heavy atom. The third-order valence-electron chi connectivity index (χ3n) is 6.47. The van der Waals surface area contributed by atoms with Crippen molar-refractivity contribution < 1.29 is 9.53 Å². The van der Waals surface area contributed by atoms with Gasteiger partial charge in [0.25, 0.3) is 0 Å². The molecule has 1 aromatic carbocycles. The first-order valence-corrected chi connectivity index (χ1v) is 11.1. The predicted octanol–water partition coefficient (Wildman–Crippen LogP) is 5.68. The van der Waals surface area contributed by atoms with Gasteiger partial charge in [0.15, 0.2) is 5.82 Å². The first-order valence-electron chi connectivity index (χ1n) is 11.1. The molecule has 1 saturated carbocycles. The van der Waals surface area contributed by atoms with Crippen LogP contribution in [0.25, 0.3) is 11.4 Å². The molecule has 5 heteroatoms. The van der Waals surface area contributed by atoms with Crippen molar-refractivity contribution in [3.05, 3.63) is 36.2 Å². The van der Waals surface area contributed by atoms with Crippen LogP contribution in [0.15, 0.2) is 30.3 Å². The van der Waals surface area contributed by atoms with E-state index in [1.165, 1.54) is 0 Å². The van der Waals surface area contributed by atoms with E-state index in [-0.39, 0.29) is 29.3 Å². The molecular formula is C25H37N3O2. The van der Waals surface area contributed by atoms with E-state index in [0.29, 0.717) is 29.4 Å². The lowest BCUT2D eigenvalue weighted by Gasteiger charge is -2.50. The number of rotatable bonds is 4. The number of hydrogen-bond acceptors (Lipinski definition) is 4. The Labute approximate surface area is 181 Å². The first kappa shape index (κ1) is 22.5. The summed E-state index contributed by atoms with van der Waals surface area (Å²) in [5.74, 6) is 2.23. The first-order chi connectivity index (χ1) is 13.9. The maximum atomic E-state index is 12.9. The Kier molecular flexibility index (Phi) is 6.40. The highest BCUT2D eigenvalue weighted by Crippen LogP contribution is 2.49. The molecule has 2 aromatic rings. The highest BCUT2D eigenvalue weighted by atomic mass is 16.5. The lowest BCUT2D eigenvalue weighted by molar-refractivity contribution is -0.168. The third-order valence-corrected chi connectivity index (χ3v) is 6.47. The molecule has 1 aliphatic carbocycles. The largest absolute Gasteiger partial charge is 0.461 e. The quantitative estimate of drug-likeness (QED) is 0.657. The molecule has 0 spiro atoms. The number of ether oxygens (including phenoxy) is 1. The summed E-state index contributed by atoms with van der Waals surface area (Å²) in [5, 5.41) is 7.16. The zero-order valence-electron chi connectivity index (χ0n) is 19.5. The van der Waals surface area contributed by atoms with E-state index in [9.17, 15) is 4.79 Å². The van der Waals surface area contributed by atoms with Crippen LogP contribution in [-0.2, 0) is 16.0 Å². The number of H-pyrrole nitrogens is 1. The van der Waals surface area contributed by atoms with Crippen molar-refractivity contribution in [2.75, 3.05) is 0 Å². The molecule has 3 rings (SSSR count). The van der Waals surface area contributed by atoms with Crippen LogP contribution in [0.5, 0.6) is 0 Å². The second-order valence-electron chi connectivity index (χ2n) is 11.1. The van der Waals surface area contributed by atoms with Crippen LogP contribution in [0.1, 0.15) is 67.1 Å². The summed E-state index contributed by atoms with van der Waals surface area (Å²) < 4.78 is 6.21. The fourth-order valence-electron chi connectivity index (χ4n) is 4.79. The van der Waals surface area contributed by atoms with Crippen molar-refractivity contribution >= 4 is 5.97 Å². The maximum Gasteiger partial charge on any atom is 0.313 e. The molecule has 1 heterocycles. The SMILES string of the molecule is CC1CC(C(C)(C)C)C(OC(=O)Cc2nc(-c3ccccc3)n[nH]2)C(C(C)(C)C)C1. The number of carbonyl (C=O) groups excluding carboxylic acids is 1. The number of aromatic nitrogens is 3. The fraction of sp³-hybridized carbons (Fsp3) is 0.640. The molecule has 30 heavy (non-hydrogen) atoms. The van der Waals surface area contributed by atoms with E-state index in [2.05, 4.69) is 63.6 Å². The molecule has 2 unspecified atom stereocenters. The van der Waals surface area contributed by atoms with E-state index in [4.69, 9.17) is 4.74 Å². The molecule has 0 amide bonds. The summed E-state index contributed by atoms with van der Waals surface area (Å²) in [6.07, 6.45) is 2.22. The Bertz CT molecular complexity index is 821. The molecule has 0 aliphatic heterocycles. The Balaban J connectivity index is 1.76. The van der Waals surface area contributed by atoms with Crippen LogP contribution in [0.2, 0.25) is 0 Å². The van der Waals surface area contributed by atoms with Gasteiger partial charge in [-0.2, -0.15) is 5.10 Å². The van der Waals surface area contributed by atoms with Crippen LogP contribution in [-0.4, -0.2) is 27.3 Å². The number of nitrogens with zero attached hydrogens (tertiary/aromatic N) is 2. The van der Waals surface area contributed by atoms with Gasteiger partial charge in [-0.15, -0.1) is 0 Å². The summed E-state index contributed by atoms with van der Waals surface area (Å²) in [6, 6.07) is 9.76. The second kappa shape index (κ2) is 8.52. The van der Waals surface area contributed by atoms with E-state index in [1.807, 2.05) is 30.3 Å². The third kappa shape index (κ3) is 5.30. The summed E-state index contributed by atoms with van der Waals surface area (Å²) in [5.41, 5.74) is 1.08. The molecule has 5 nitrogen and oxygen atoms in total. The van der Waals surface area contributed by atoms with Crippen LogP contribution >= 0.6 is 0 Å². The molecule has 0 saturated heterocycles. The zero-order chi connectivity index (χ0) is 22.1. The van der Waals surface area contributed by atoms with Gasteiger partial charge >= 0.3 is 5.97 Å². The molecule has 0 radical (unpaired) electrons. The summed E-state index contributed by atoms with van der Waals surface area (Å²) in [4.78, 5) is 17.4. The van der Waals surface area contributed by atoms with Crippen LogP contribution in [0, 0.1) is 28.6 Å². The fourth-order valence-corrected chi connectivity index (χ4v) is 4.79. The number of carbonyl (C=O) groups is 1. The molecule has 1 fully saturated rings. The summed E-state index contributed by atoms with van der Waals surface area (Å²) >= 11 is 0. The number of benzene rings is 1. The van der Waals surface area contributed by atoms with Gasteiger partial charge in [-0.25, -0.2) is 4.98 Å². The second-order valence-corrected chi connectivity index (χ2v) is 11.1.